The predicted molar refractivity (Wildman–Crippen MR) is 184 cm³/mol. The van der Waals surface area contributed by atoms with Gasteiger partial charge in [-0.2, -0.15) is 10.2 Å². The maximum Gasteiger partial charge on any atom is 0.153 e. The van der Waals surface area contributed by atoms with Crippen LogP contribution in [-0.4, -0.2) is 29.5 Å². The summed E-state index contributed by atoms with van der Waals surface area (Å²) < 4.78 is 3.79. The Kier molecular flexibility index (Phi) is 8.04. The quantitative estimate of drug-likeness (QED) is 0.180. The van der Waals surface area contributed by atoms with Gasteiger partial charge in [0.15, 0.2) is 11.6 Å². The summed E-state index contributed by atoms with van der Waals surface area (Å²) in [6.45, 7) is 17.7. The van der Waals surface area contributed by atoms with Gasteiger partial charge in [-0.3, -0.25) is 0 Å². The summed E-state index contributed by atoms with van der Waals surface area (Å²) in [5, 5.41) is 9.90. The van der Waals surface area contributed by atoms with E-state index in [4.69, 9.17) is 20.2 Å². The molecule has 0 fully saturated rings. The fourth-order valence-corrected chi connectivity index (χ4v) is 6.91. The van der Waals surface area contributed by atoms with E-state index in [1.807, 2.05) is 33.9 Å². The molecule has 0 saturated carbocycles. The van der Waals surface area contributed by atoms with E-state index in [1.165, 1.54) is 22.3 Å². The first-order chi connectivity index (χ1) is 21.8. The number of aromatic nitrogens is 6. The zero-order valence-electron chi connectivity index (χ0n) is 28.4. The van der Waals surface area contributed by atoms with Crippen molar-refractivity contribution in [2.45, 2.75) is 77.0 Å². The Morgan fingerprint density at radius 1 is 0.489 bits per heavy atom. The van der Waals surface area contributed by atoms with E-state index >= 15 is 0 Å². The minimum atomic E-state index is -0.797. The summed E-state index contributed by atoms with van der Waals surface area (Å²) in [6.07, 6.45) is 4.02. The fraction of sp³-hybridized carbons (Fsp3) is 0.300. The summed E-state index contributed by atoms with van der Waals surface area (Å²) in [7, 11) is 0. The second-order valence-electron chi connectivity index (χ2n) is 15.0. The molecule has 0 bridgehead atoms. The number of hydrogen-bond acceptors (Lipinski definition) is 4. The van der Waals surface area contributed by atoms with Crippen molar-refractivity contribution >= 4 is 0 Å². The van der Waals surface area contributed by atoms with Gasteiger partial charge >= 0.3 is 0 Å². The van der Waals surface area contributed by atoms with Crippen LogP contribution in [0.15, 0.2) is 109 Å². The third-order valence-electron chi connectivity index (χ3n) is 9.43. The summed E-state index contributed by atoms with van der Waals surface area (Å²) in [5.74, 6) is 1.54. The molecule has 0 aliphatic heterocycles. The molecule has 0 spiro atoms. The SMILES string of the molecule is CC(C)(C)c1ccn(-c2cccc(C3(c4cccc(-n5ccc(C(C)(C)C)n5)n4)c4ccccc4C(C)(C)c4ccccc43)n2)n1.[Pt]. The van der Waals surface area contributed by atoms with Gasteiger partial charge in [0.25, 0.3) is 0 Å². The molecule has 6 nitrogen and oxygen atoms in total. The maximum absolute atomic E-state index is 5.43. The zero-order valence-corrected chi connectivity index (χ0v) is 30.7. The van der Waals surface area contributed by atoms with E-state index < -0.39 is 5.41 Å². The third-order valence-corrected chi connectivity index (χ3v) is 9.43. The van der Waals surface area contributed by atoms with Gasteiger partial charge in [-0.1, -0.05) is 116 Å². The minimum Gasteiger partial charge on any atom is -0.232 e. The topological polar surface area (TPSA) is 61.4 Å². The van der Waals surface area contributed by atoms with Crippen molar-refractivity contribution in [2.75, 3.05) is 0 Å². The van der Waals surface area contributed by atoms with E-state index in [0.717, 1.165) is 34.4 Å². The molecule has 47 heavy (non-hydrogen) atoms. The van der Waals surface area contributed by atoms with Crippen molar-refractivity contribution < 1.29 is 21.1 Å². The standard InChI is InChI=1S/C40H42N6.Pt/c1-37(2,3)31-23-25-45(43-31)35-21-13-19-33(41-35)40(34-20-14-22-36(42-34)46-26-24-32(44-46)38(4,5)6)29-17-11-9-15-27(29)39(7,8)28-16-10-12-18-30(28)40;/h9-26H,1-8H3;. The molecule has 0 saturated heterocycles. The fourth-order valence-electron chi connectivity index (χ4n) is 6.91. The van der Waals surface area contributed by atoms with Crippen molar-refractivity contribution in [1.29, 1.82) is 0 Å². The number of benzene rings is 2. The molecule has 1 aliphatic rings. The number of nitrogens with zero attached hydrogens (tertiary/aromatic N) is 6. The first kappa shape index (κ1) is 32.8. The Morgan fingerprint density at radius 2 is 0.872 bits per heavy atom. The average molecular weight is 802 g/mol. The summed E-state index contributed by atoms with van der Waals surface area (Å²) in [4.78, 5) is 10.9. The number of hydrogen-bond donors (Lipinski definition) is 0. The van der Waals surface area contributed by atoms with Gasteiger partial charge in [-0.15, -0.1) is 0 Å². The molecule has 7 rings (SSSR count). The molecule has 0 unspecified atom stereocenters. The van der Waals surface area contributed by atoms with Gasteiger partial charge in [0.05, 0.1) is 22.8 Å². The summed E-state index contributed by atoms with van der Waals surface area (Å²) in [6, 6.07) is 34.3. The third kappa shape index (κ3) is 5.31. The molecule has 0 amide bonds. The number of fused-ring (bicyclic) bond motifs is 2. The van der Waals surface area contributed by atoms with Crippen molar-refractivity contribution in [3.8, 4) is 11.6 Å². The molecule has 1 aliphatic carbocycles. The Bertz CT molecular complexity index is 1920. The Hall–Kier alpha value is -4.15. The smallest absolute Gasteiger partial charge is 0.153 e. The van der Waals surface area contributed by atoms with E-state index in [-0.39, 0.29) is 37.3 Å². The Balaban J connectivity index is 0.00000386. The number of pyridine rings is 2. The van der Waals surface area contributed by atoms with Crippen LogP contribution in [0.2, 0.25) is 0 Å². The van der Waals surface area contributed by atoms with Gasteiger partial charge in [0.2, 0.25) is 0 Å². The Labute approximate surface area is 292 Å². The van der Waals surface area contributed by atoms with E-state index in [0.29, 0.717) is 0 Å². The largest absolute Gasteiger partial charge is 0.232 e. The molecule has 7 heteroatoms. The van der Waals surface area contributed by atoms with Gasteiger partial charge < -0.3 is 0 Å². The van der Waals surface area contributed by atoms with Crippen molar-refractivity contribution in [2.24, 2.45) is 0 Å². The molecule has 2 aromatic carbocycles. The molecule has 0 radical (unpaired) electrons. The monoisotopic (exact) mass is 801 g/mol. The average Bonchev–Trinajstić information content (AvgIpc) is 3.74. The molecular weight excluding hydrogens is 760 g/mol. The zero-order chi connectivity index (χ0) is 32.5. The second kappa shape index (κ2) is 11.5. The van der Waals surface area contributed by atoms with Gasteiger partial charge in [0, 0.05) is 49.7 Å². The Morgan fingerprint density at radius 3 is 1.23 bits per heavy atom. The number of rotatable bonds is 4. The normalized spacial score (nSPS) is 15.0. The van der Waals surface area contributed by atoms with Crippen molar-refractivity contribution in [3.05, 3.63) is 154 Å². The predicted octanol–water partition coefficient (Wildman–Crippen LogP) is 8.46. The van der Waals surface area contributed by atoms with Crippen LogP contribution in [0.1, 0.15) is 100 Å². The van der Waals surface area contributed by atoms with Gasteiger partial charge in [-0.25, -0.2) is 19.3 Å². The molecule has 4 heterocycles. The van der Waals surface area contributed by atoms with Crippen LogP contribution < -0.4 is 0 Å². The van der Waals surface area contributed by atoms with Crippen LogP contribution in [0.25, 0.3) is 11.6 Å². The second-order valence-corrected chi connectivity index (χ2v) is 15.0. The molecule has 0 N–H and O–H groups in total. The summed E-state index contributed by atoms with van der Waals surface area (Å²) >= 11 is 0. The van der Waals surface area contributed by atoms with Gasteiger partial charge in [0.1, 0.15) is 5.41 Å². The summed E-state index contributed by atoms with van der Waals surface area (Å²) in [5.41, 5.74) is 7.56. The van der Waals surface area contributed by atoms with E-state index in [9.17, 15) is 0 Å². The van der Waals surface area contributed by atoms with Crippen molar-refractivity contribution in [1.82, 2.24) is 29.5 Å². The van der Waals surface area contributed by atoms with E-state index in [1.54, 1.807) is 0 Å². The van der Waals surface area contributed by atoms with Crippen LogP contribution in [0.4, 0.5) is 0 Å². The molecule has 0 atom stereocenters. The first-order valence-electron chi connectivity index (χ1n) is 16.1. The molecule has 4 aromatic heterocycles. The van der Waals surface area contributed by atoms with Crippen LogP contribution in [-0.2, 0) is 42.7 Å². The molecule has 242 valence electrons. The maximum atomic E-state index is 5.43. The van der Waals surface area contributed by atoms with Crippen LogP contribution >= 0.6 is 0 Å². The van der Waals surface area contributed by atoms with E-state index in [2.05, 4.69) is 140 Å². The van der Waals surface area contributed by atoms with Crippen LogP contribution in [0.3, 0.4) is 0 Å². The van der Waals surface area contributed by atoms with Crippen LogP contribution in [0.5, 0.6) is 0 Å². The van der Waals surface area contributed by atoms with Gasteiger partial charge in [-0.05, 0) is 58.7 Å². The van der Waals surface area contributed by atoms with Crippen molar-refractivity contribution in [3.63, 3.8) is 0 Å². The van der Waals surface area contributed by atoms with Crippen LogP contribution in [0, 0.1) is 0 Å². The molecular formula is C40H42N6Pt. The minimum absolute atomic E-state index is 0. The first-order valence-corrected chi connectivity index (χ1v) is 16.1. The molecule has 6 aromatic rings.